The molecule has 0 atom stereocenters. The van der Waals surface area contributed by atoms with Crippen LogP contribution in [0.2, 0.25) is 0 Å². The molecule has 2 heterocycles. The molecule has 0 spiro atoms. The minimum atomic E-state index is -0.936. The van der Waals surface area contributed by atoms with Crippen LogP contribution >= 0.6 is 0 Å². The molecule has 0 radical (unpaired) electrons. The Balaban J connectivity index is 2.23. The molecule has 1 aliphatic rings. The van der Waals surface area contributed by atoms with E-state index in [0.717, 1.165) is 9.58 Å². The van der Waals surface area contributed by atoms with Gasteiger partial charge in [-0.05, 0) is 39.8 Å². The lowest BCUT2D eigenvalue weighted by Gasteiger charge is -2.16. The van der Waals surface area contributed by atoms with E-state index in [1.54, 1.807) is 44.2 Å². The summed E-state index contributed by atoms with van der Waals surface area (Å²) >= 11 is 0. The number of benzene rings is 1. The summed E-state index contributed by atoms with van der Waals surface area (Å²) in [6.45, 7) is 6.11. The molecule has 2 N–H and O–H groups in total. The highest BCUT2D eigenvalue weighted by atomic mass is 16.6. The molecule has 2 aromatic rings. The fraction of sp³-hybridized carbons (Fsp3) is 0.273. The van der Waals surface area contributed by atoms with Crippen molar-refractivity contribution in [1.82, 2.24) is 10.1 Å². The standard InChI is InChI=1S/C22H23N5O7/c1-5-33-21(31)24-23-12(3)15-17-16(13(4)27(20(15)30)25-22(32)34-6-2)18(28)26(19(17)29)14-10-8-7-9-11-14/h7-11H,5-6H2,1-4H3,(H,24,31)(H,25,32)/b23-12+. The van der Waals surface area contributed by atoms with Crippen LogP contribution in [0.4, 0.5) is 15.3 Å². The number of amides is 4. The van der Waals surface area contributed by atoms with Crippen LogP contribution in [0.15, 0.2) is 40.2 Å². The first-order chi connectivity index (χ1) is 16.2. The van der Waals surface area contributed by atoms with Crippen LogP contribution in [-0.4, -0.2) is 47.6 Å². The number of nitrogens with one attached hydrogen (secondary N) is 2. The third-order valence-corrected chi connectivity index (χ3v) is 4.89. The third-order valence-electron chi connectivity index (χ3n) is 4.89. The van der Waals surface area contributed by atoms with Crippen LogP contribution in [-0.2, 0) is 9.47 Å². The molecule has 1 aliphatic heterocycles. The van der Waals surface area contributed by atoms with Gasteiger partial charge in [0.2, 0.25) is 0 Å². The second-order valence-electron chi connectivity index (χ2n) is 6.99. The van der Waals surface area contributed by atoms with E-state index in [-0.39, 0.29) is 41.3 Å². The Morgan fingerprint density at radius 2 is 1.53 bits per heavy atom. The molecule has 0 saturated carbocycles. The van der Waals surface area contributed by atoms with Crippen LogP contribution in [0.1, 0.15) is 52.7 Å². The molecule has 0 aliphatic carbocycles. The maximum atomic E-state index is 13.4. The number of hydrogen-bond acceptors (Lipinski definition) is 8. The molecule has 0 bridgehead atoms. The zero-order chi connectivity index (χ0) is 25.0. The number of fused-ring (bicyclic) bond motifs is 1. The Hall–Kier alpha value is -4.48. The van der Waals surface area contributed by atoms with Crippen LogP contribution in [0.5, 0.6) is 0 Å². The predicted molar refractivity (Wildman–Crippen MR) is 122 cm³/mol. The molecular weight excluding hydrogens is 446 g/mol. The SMILES string of the molecule is CCOC(=O)N/N=C(\C)c1c2c(c(C)n(NC(=O)OCC)c1=O)C(=O)N(c1ccccc1)C2=O. The predicted octanol–water partition coefficient (Wildman–Crippen LogP) is 2.13. The highest BCUT2D eigenvalue weighted by Gasteiger charge is 2.43. The minimum Gasteiger partial charge on any atom is -0.449 e. The van der Waals surface area contributed by atoms with Gasteiger partial charge >= 0.3 is 12.2 Å². The Morgan fingerprint density at radius 1 is 0.941 bits per heavy atom. The van der Waals surface area contributed by atoms with Crippen molar-refractivity contribution in [2.24, 2.45) is 5.10 Å². The van der Waals surface area contributed by atoms with Crippen molar-refractivity contribution < 1.29 is 28.7 Å². The Labute approximate surface area is 194 Å². The number of hydrogen-bond donors (Lipinski definition) is 2. The van der Waals surface area contributed by atoms with Gasteiger partial charge in [0.1, 0.15) is 0 Å². The van der Waals surface area contributed by atoms with Crippen molar-refractivity contribution in [3.63, 3.8) is 0 Å². The number of anilines is 1. The van der Waals surface area contributed by atoms with Gasteiger partial charge < -0.3 is 9.47 Å². The summed E-state index contributed by atoms with van der Waals surface area (Å²) in [6.07, 6.45) is -1.81. The average molecular weight is 469 g/mol. The van der Waals surface area contributed by atoms with Gasteiger partial charge in [0, 0.05) is 0 Å². The zero-order valence-corrected chi connectivity index (χ0v) is 19.0. The van der Waals surface area contributed by atoms with Gasteiger partial charge in [0.15, 0.2) is 0 Å². The van der Waals surface area contributed by atoms with Gasteiger partial charge in [-0.15, -0.1) is 0 Å². The molecule has 3 rings (SSSR count). The molecule has 34 heavy (non-hydrogen) atoms. The minimum absolute atomic E-state index is 0.0275. The van der Waals surface area contributed by atoms with Gasteiger partial charge in [-0.25, -0.2) is 30.0 Å². The van der Waals surface area contributed by atoms with E-state index < -0.39 is 29.6 Å². The van der Waals surface area contributed by atoms with E-state index in [9.17, 15) is 24.0 Å². The molecule has 0 saturated heterocycles. The van der Waals surface area contributed by atoms with Gasteiger partial charge in [-0.1, -0.05) is 18.2 Å². The summed E-state index contributed by atoms with van der Waals surface area (Å²) in [7, 11) is 0. The number of pyridine rings is 1. The number of nitrogens with zero attached hydrogens (tertiary/aromatic N) is 3. The van der Waals surface area contributed by atoms with Crippen molar-refractivity contribution in [2.45, 2.75) is 27.7 Å². The maximum Gasteiger partial charge on any atom is 0.427 e. The molecule has 1 aromatic carbocycles. The second kappa shape index (κ2) is 9.98. The summed E-state index contributed by atoms with van der Waals surface area (Å²) in [5, 5.41) is 3.85. The monoisotopic (exact) mass is 469 g/mol. The first-order valence-corrected chi connectivity index (χ1v) is 10.4. The summed E-state index contributed by atoms with van der Waals surface area (Å²) in [5.74, 6) is -1.43. The Kier molecular flexibility index (Phi) is 7.09. The topological polar surface area (TPSA) is 148 Å². The van der Waals surface area contributed by atoms with E-state index in [4.69, 9.17) is 9.47 Å². The number of para-hydroxylation sites is 1. The number of aromatic nitrogens is 1. The van der Waals surface area contributed by atoms with Crippen LogP contribution in [0, 0.1) is 6.92 Å². The summed E-state index contributed by atoms with van der Waals surface area (Å²) in [6, 6.07) is 8.18. The molecule has 12 heteroatoms. The van der Waals surface area contributed by atoms with Crippen LogP contribution in [0.3, 0.4) is 0 Å². The van der Waals surface area contributed by atoms with E-state index in [2.05, 4.69) is 16.0 Å². The molecule has 12 nitrogen and oxygen atoms in total. The number of rotatable bonds is 6. The first-order valence-electron chi connectivity index (χ1n) is 10.4. The Bertz CT molecular complexity index is 1250. The van der Waals surface area contributed by atoms with Gasteiger partial charge in [-0.2, -0.15) is 5.10 Å². The van der Waals surface area contributed by atoms with Crippen molar-refractivity contribution in [3.05, 3.63) is 63.1 Å². The van der Waals surface area contributed by atoms with Gasteiger partial charge in [0.05, 0.1) is 47.0 Å². The van der Waals surface area contributed by atoms with Crippen molar-refractivity contribution in [3.8, 4) is 0 Å². The van der Waals surface area contributed by atoms with Crippen molar-refractivity contribution >= 4 is 35.4 Å². The molecule has 0 unspecified atom stereocenters. The highest BCUT2D eigenvalue weighted by Crippen LogP contribution is 2.31. The maximum absolute atomic E-state index is 13.4. The quantitative estimate of drug-likeness (QED) is 0.374. The molecule has 0 fully saturated rings. The first kappa shape index (κ1) is 24.2. The van der Waals surface area contributed by atoms with Crippen LogP contribution < -0.4 is 21.3 Å². The zero-order valence-electron chi connectivity index (χ0n) is 19.0. The van der Waals surface area contributed by atoms with Crippen molar-refractivity contribution in [1.29, 1.82) is 0 Å². The van der Waals surface area contributed by atoms with Crippen molar-refractivity contribution in [2.75, 3.05) is 23.5 Å². The van der Waals surface area contributed by atoms with Gasteiger partial charge in [-0.3, -0.25) is 14.4 Å². The molecular formula is C22H23N5O7. The smallest absolute Gasteiger partial charge is 0.427 e. The molecule has 1 aromatic heterocycles. The lowest BCUT2D eigenvalue weighted by molar-refractivity contribution is 0.0925. The summed E-state index contributed by atoms with van der Waals surface area (Å²) in [5.41, 5.74) is 3.25. The fourth-order valence-electron chi connectivity index (χ4n) is 3.47. The fourth-order valence-corrected chi connectivity index (χ4v) is 3.47. The third kappa shape index (κ3) is 4.37. The number of hydrazone groups is 1. The lowest BCUT2D eigenvalue weighted by Crippen LogP contribution is -2.39. The van der Waals surface area contributed by atoms with Gasteiger partial charge in [0.25, 0.3) is 17.4 Å². The summed E-state index contributed by atoms with van der Waals surface area (Å²) in [4.78, 5) is 64.8. The van der Waals surface area contributed by atoms with E-state index >= 15 is 0 Å². The van der Waals surface area contributed by atoms with Crippen LogP contribution in [0.25, 0.3) is 0 Å². The average Bonchev–Trinajstić information content (AvgIpc) is 3.06. The lowest BCUT2D eigenvalue weighted by atomic mass is 10.00. The number of imide groups is 1. The number of ether oxygens (including phenoxy) is 2. The molecule has 4 amide bonds. The molecule has 178 valence electrons. The van der Waals surface area contributed by atoms with E-state index in [1.807, 2.05) is 0 Å². The van der Waals surface area contributed by atoms with E-state index in [0.29, 0.717) is 5.69 Å². The largest absolute Gasteiger partial charge is 0.449 e. The Morgan fingerprint density at radius 3 is 2.15 bits per heavy atom. The number of carbonyl (C=O) groups is 4. The number of carbonyl (C=O) groups excluding carboxylic acids is 4. The normalized spacial score (nSPS) is 12.9. The van der Waals surface area contributed by atoms with E-state index in [1.165, 1.54) is 13.8 Å². The second-order valence-corrected chi connectivity index (χ2v) is 6.99. The summed E-state index contributed by atoms with van der Waals surface area (Å²) < 4.78 is 10.4. The highest BCUT2D eigenvalue weighted by molar-refractivity contribution is 6.36.